The molecule has 2 saturated heterocycles. The van der Waals surface area contributed by atoms with Gasteiger partial charge < -0.3 is 20.9 Å². The molecule has 0 amide bonds. The Bertz CT molecular complexity index is 174. The summed E-state index contributed by atoms with van der Waals surface area (Å²) in [5.74, 6) is 0. The zero-order valence-corrected chi connectivity index (χ0v) is 8.59. The summed E-state index contributed by atoms with van der Waals surface area (Å²) >= 11 is 0. The molecule has 0 aromatic carbocycles. The van der Waals surface area contributed by atoms with Crippen molar-refractivity contribution in [1.82, 2.24) is 5.32 Å². The van der Waals surface area contributed by atoms with Crippen LogP contribution in [-0.2, 0) is 4.74 Å². The Morgan fingerprint density at radius 1 is 1.07 bits per heavy atom. The average molecular weight is 200 g/mol. The van der Waals surface area contributed by atoms with Crippen LogP contribution in [0.2, 0.25) is 0 Å². The van der Waals surface area contributed by atoms with Gasteiger partial charge in [0.05, 0.1) is 5.60 Å². The Hall–Kier alpha value is -0.160. The first kappa shape index (κ1) is 10.4. The highest BCUT2D eigenvalue weighted by molar-refractivity contribution is 5.06. The number of hydrogen-bond donors (Lipinski definition) is 3. The zero-order valence-electron chi connectivity index (χ0n) is 8.59. The molecule has 2 fully saturated rings. The van der Waals surface area contributed by atoms with E-state index in [0.717, 1.165) is 25.9 Å². The summed E-state index contributed by atoms with van der Waals surface area (Å²) in [4.78, 5) is 0. The van der Waals surface area contributed by atoms with Gasteiger partial charge in [-0.25, -0.2) is 0 Å². The molecule has 0 radical (unpaired) electrons. The molecule has 82 valence electrons. The third-order valence-electron chi connectivity index (χ3n) is 3.74. The first-order valence-electron chi connectivity index (χ1n) is 5.46. The van der Waals surface area contributed by atoms with Gasteiger partial charge in [-0.3, -0.25) is 0 Å². The van der Waals surface area contributed by atoms with Gasteiger partial charge >= 0.3 is 0 Å². The zero-order chi connectivity index (χ0) is 10.1. The van der Waals surface area contributed by atoms with Gasteiger partial charge in [0.1, 0.15) is 0 Å². The normalized spacial score (nSPS) is 31.3. The highest BCUT2D eigenvalue weighted by atomic mass is 16.5. The van der Waals surface area contributed by atoms with Crippen LogP contribution in [0.25, 0.3) is 0 Å². The quantitative estimate of drug-likeness (QED) is 0.539. The van der Waals surface area contributed by atoms with Gasteiger partial charge in [-0.05, 0) is 25.9 Å². The standard InChI is InChI=1S/C10H20N2O2/c11-9(1-5-12-6-2-9)10(13)3-7-14-8-4-10/h12-13H,1-8,11H2. The Morgan fingerprint density at radius 2 is 1.64 bits per heavy atom. The van der Waals surface area contributed by atoms with E-state index < -0.39 is 11.1 Å². The van der Waals surface area contributed by atoms with E-state index in [2.05, 4.69) is 5.32 Å². The Morgan fingerprint density at radius 3 is 2.21 bits per heavy atom. The van der Waals surface area contributed by atoms with Crippen LogP contribution in [0.4, 0.5) is 0 Å². The van der Waals surface area contributed by atoms with Gasteiger partial charge in [-0.1, -0.05) is 0 Å². The molecule has 0 bridgehead atoms. The van der Waals surface area contributed by atoms with E-state index in [1.807, 2.05) is 0 Å². The summed E-state index contributed by atoms with van der Waals surface area (Å²) in [6, 6.07) is 0. The maximum atomic E-state index is 10.5. The molecule has 0 aromatic rings. The van der Waals surface area contributed by atoms with Crippen molar-refractivity contribution < 1.29 is 9.84 Å². The molecule has 4 heteroatoms. The minimum absolute atomic E-state index is 0.401. The fraction of sp³-hybridized carbons (Fsp3) is 1.00. The molecule has 0 aromatic heterocycles. The number of hydrogen-bond acceptors (Lipinski definition) is 4. The van der Waals surface area contributed by atoms with Crippen molar-refractivity contribution in [3.05, 3.63) is 0 Å². The van der Waals surface area contributed by atoms with Crippen LogP contribution in [0.1, 0.15) is 25.7 Å². The minimum atomic E-state index is -0.701. The summed E-state index contributed by atoms with van der Waals surface area (Å²) in [6.07, 6.45) is 3.10. The summed E-state index contributed by atoms with van der Waals surface area (Å²) in [5.41, 5.74) is 5.22. The van der Waals surface area contributed by atoms with Gasteiger partial charge in [0.15, 0.2) is 0 Å². The average Bonchev–Trinajstić information content (AvgIpc) is 2.20. The van der Waals surface area contributed by atoms with Crippen molar-refractivity contribution in [2.45, 2.75) is 36.8 Å². The van der Waals surface area contributed by atoms with Gasteiger partial charge in [0.25, 0.3) is 0 Å². The molecule has 2 heterocycles. The molecule has 0 unspecified atom stereocenters. The number of rotatable bonds is 1. The Balaban J connectivity index is 2.09. The van der Waals surface area contributed by atoms with E-state index in [1.165, 1.54) is 0 Å². The summed E-state index contributed by atoms with van der Waals surface area (Å²) in [6.45, 7) is 3.12. The third kappa shape index (κ3) is 1.67. The molecule has 4 N–H and O–H groups in total. The lowest BCUT2D eigenvalue weighted by Gasteiger charge is -2.49. The highest BCUT2D eigenvalue weighted by Crippen LogP contribution is 2.36. The molecule has 0 saturated carbocycles. The molecule has 14 heavy (non-hydrogen) atoms. The maximum absolute atomic E-state index is 10.5. The fourth-order valence-electron chi connectivity index (χ4n) is 2.55. The van der Waals surface area contributed by atoms with E-state index in [4.69, 9.17) is 10.5 Å². The lowest BCUT2D eigenvalue weighted by atomic mass is 9.70. The van der Waals surface area contributed by atoms with E-state index in [1.54, 1.807) is 0 Å². The Kier molecular flexibility index (Phi) is 2.79. The number of ether oxygens (including phenoxy) is 1. The van der Waals surface area contributed by atoms with E-state index >= 15 is 0 Å². The van der Waals surface area contributed by atoms with Crippen LogP contribution in [0.3, 0.4) is 0 Å². The van der Waals surface area contributed by atoms with Crippen molar-refractivity contribution in [2.75, 3.05) is 26.3 Å². The lowest BCUT2D eigenvalue weighted by Crippen LogP contribution is -2.66. The van der Waals surface area contributed by atoms with Gasteiger partial charge in [-0.15, -0.1) is 0 Å². The smallest absolute Gasteiger partial charge is 0.0871 e. The first-order valence-corrected chi connectivity index (χ1v) is 5.46. The van der Waals surface area contributed by atoms with Crippen LogP contribution in [0.5, 0.6) is 0 Å². The van der Waals surface area contributed by atoms with Crippen molar-refractivity contribution in [3.63, 3.8) is 0 Å². The minimum Gasteiger partial charge on any atom is -0.388 e. The van der Waals surface area contributed by atoms with E-state index in [-0.39, 0.29) is 0 Å². The van der Waals surface area contributed by atoms with Crippen molar-refractivity contribution in [2.24, 2.45) is 5.73 Å². The van der Waals surface area contributed by atoms with Crippen molar-refractivity contribution in [1.29, 1.82) is 0 Å². The molecular weight excluding hydrogens is 180 g/mol. The van der Waals surface area contributed by atoms with Gasteiger partial charge in [0, 0.05) is 31.6 Å². The van der Waals surface area contributed by atoms with E-state index in [9.17, 15) is 5.11 Å². The third-order valence-corrected chi connectivity index (χ3v) is 3.74. The van der Waals surface area contributed by atoms with Crippen LogP contribution < -0.4 is 11.1 Å². The van der Waals surface area contributed by atoms with Crippen LogP contribution in [-0.4, -0.2) is 42.5 Å². The largest absolute Gasteiger partial charge is 0.388 e. The summed E-state index contributed by atoms with van der Waals surface area (Å²) in [7, 11) is 0. The molecule has 2 aliphatic rings. The molecule has 2 rings (SSSR count). The molecule has 0 aliphatic carbocycles. The number of aliphatic hydroxyl groups is 1. The molecular formula is C10H20N2O2. The van der Waals surface area contributed by atoms with Crippen LogP contribution in [0, 0.1) is 0 Å². The summed E-state index contributed by atoms with van der Waals surface area (Å²) in [5, 5.41) is 13.8. The van der Waals surface area contributed by atoms with E-state index in [0.29, 0.717) is 26.1 Å². The lowest BCUT2D eigenvalue weighted by molar-refractivity contribution is -0.117. The summed E-state index contributed by atoms with van der Waals surface area (Å²) < 4.78 is 5.27. The Labute approximate surface area is 84.8 Å². The second-order valence-corrected chi connectivity index (χ2v) is 4.55. The predicted molar refractivity (Wildman–Crippen MR) is 54.0 cm³/mol. The fourth-order valence-corrected chi connectivity index (χ4v) is 2.55. The second kappa shape index (κ2) is 3.77. The predicted octanol–water partition coefficient (Wildman–Crippen LogP) is -0.391. The number of piperidine rings is 1. The monoisotopic (exact) mass is 200 g/mol. The van der Waals surface area contributed by atoms with Gasteiger partial charge in [0.2, 0.25) is 0 Å². The van der Waals surface area contributed by atoms with Crippen molar-refractivity contribution in [3.8, 4) is 0 Å². The van der Waals surface area contributed by atoms with Crippen LogP contribution in [0.15, 0.2) is 0 Å². The molecule has 0 spiro atoms. The van der Waals surface area contributed by atoms with Crippen LogP contribution >= 0.6 is 0 Å². The molecule has 2 aliphatic heterocycles. The molecule has 4 nitrogen and oxygen atoms in total. The first-order chi connectivity index (χ1) is 6.66. The second-order valence-electron chi connectivity index (χ2n) is 4.55. The topological polar surface area (TPSA) is 67.5 Å². The SMILES string of the molecule is NC1(C2(O)CCOCC2)CCNCC1. The number of nitrogens with one attached hydrogen (secondary N) is 1. The maximum Gasteiger partial charge on any atom is 0.0871 e. The van der Waals surface area contributed by atoms with Gasteiger partial charge in [-0.2, -0.15) is 0 Å². The van der Waals surface area contributed by atoms with Crippen molar-refractivity contribution >= 4 is 0 Å². The number of nitrogens with two attached hydrogens (primary N) is 1. The molecule has 0 atom stereocenters. The highest BCUT2D eigenvalue weighted by Gasteiger charge is 2.48.